The van der Waals surface area contributed by atoms with Gasteiger partial charge >= 0.3 is 5.97 Å². The summed E-state index contributed by atoms with van der Waals surface area (Å²) in [5.74, 6) is 0.403. The van der Waals surface area contributed by atoms with Crippen LogP contribution in [-0.2, 0) is 16.1 Å². The number of hydrogen-bond acceptors (Lipinski definition) is 7. The molecule has 0 spiro atoms. The van der Waals surface area contributed by atoms with Crippen molar-refractivity contribution in [1.29, 1.82) is 0 Å². The predicted octanol–water partition coefficient (Wildman–Crippen LogP) is 6.09. The monoisotopic (exact) mass is 604 g/mol. The number of hydrogen-bond donors (Lipinski definition) is 0. The van der Waals surface area contributed by atoms with Crippen molar-refractivity contribution in [2.24, 2.45) is 4.99 Å². The highest BCUT2D eigenvalue weighted by atomic mass is 127. The number of esters is 1. The van der Waals surface area contributed by atoms with Crippen LogP contribution < -0.4 is 9.47 Å². The lowest BCUT2D eigenvalue weighted by Crippen LogP contribution is -2.06. The van der Waals surface area contributed by atoms with Crippen LogP contribution in [-0.4, -0.2) is 23.9 Å². The van der Waals surface area contributed by atoms with Gasteiger partial charge in [0.05, 0.1) is 26.2 Å². The molecule has 0 bridgehead atoms. The fourth-order valence-electron chi connectivity index (χ4n) is 3.28. The van der Waals surface area contributed by atoms with Gasteiger partial charge in [-0.1, -0.05) is 41.4 Å². The zero-order valence-corrected chi connectivity index (χ0v) is 21.5. The van der Waals surface area contributed by atoms with E-state index < -0.39 is 10.9 Å². The average molecular weight is 605 g/mol. The summed E-state index contributed by atoms with van der Waals surface area (Å²) in [6.07, 6.45) is 1.56. The molecule has 1 aliphatic rings. The number of benzene rings is 3. The first-order valence-corrected chi connectivity index (χ1v) is 11.7. The van der Waals surface area contributed by atoms with Crippen LogP contribution in [0.25, 0.3) is 6.08 Å². The Kier molecular flexibility index (Phi) is 7.37. The SMILES string of the molecule is COc1cc(/C=C2\N=C(c3ccc([N+](=O)[O-])cc3Cl)OC2=O)cc(I)c1OCc1ccc(C)cc1. The van der Waals surface area contributed by atoms with Gasteiger partial charge in [-0.3, -0.25) is 10.1 Å². The van der Waals surface area contributed by atoms with Crippen molar-refractivity contribution >= 4 is 57.8 Å². The molecule has 0 saturated heterocycles. The molecule has 3 aromatic rings. The van der Waals surface area contributed by atoms with E-state index in [2.05, 4.69) is 27.6 Å². The Hall–Kier alpha value is -3.44. The highest BCUT2D eigenvalue weighted by Gasteiger charge is 2.27. The van der Waals surface area contributed by atoms with Crippen molar-refractivity contribution < 1.29 is 23.9 Å². The number of ether oxygens (including phenoxy) is 3. The molecule has 3 aromatic carbocycles. The second-order valence-corrected chi connectivity index (χ2v) is 9.14. The number of aliphatic imine (C=N–C) groups is 1. The molecule has 1 heterocycles. The smallest absolute Gasteiger partial charge is 0.363 e. The molecule has 10 heteroatoms. The first-order chi connectivity index (χ1) is 16.7. The molecule has 0 radical (unpaired) electrons. The molecule has 0 unspecified atom stereocenters. The van der Waals surface area contributed by atoms with Gasteiger partial charge in [0.15, 0.2) is 17.2 Å². The summed E-state index contributed by atoms with van der Waals surface area (Å²) in [4.78, 5) is 27.0. The molecule has 0 amide bonds. The normalized spacial score (nSPS) is 14.0. The van der Waals surface area contributed by atoms with Gasteiger partial charge < -0.3 is 14.2 Å². The molecular formula is C25H18ClIN2O6. The molecule has 0 fully saturated rings. The quantitative estimate of drug-likeness (QED) is 0.106. The van der Waals surface area contributed by atoms with Gasteiger partial charge in [0.1, 0.15) is 6.61 Å². The maximum atomic E-state index is 12.4. The van der Waals surface area contributed by atoms with Gasteiger partial charge in [-0.15, -0.1) is 0 Å². The standard InChI is InChI=1S/C25H18ClIN2O6/c1-14-3-5-15(6-4-14)13-34-23-20(27)9-16(11-22(23)33-2)10-21-25(30)35-24(28-21)18-8-7-17(29(31)32)12-19(18)26/h3-12H,13H2,1-2H3/b21-10-. The summed E-state index contributed by atoms with van der Waals surface area (Å²) in [5, 5.41) is 11.0. The largest absolute Gasteiger partial charge is 0.493 e. The lowest BCUT2D eigenvalue weighted by atomic mass is 10.1. The number of cyclic esters (lactones) is 1. The molecule has 0 aromatic heterocycles. The van der Waals surface area contributed by atoms with E-state index in [0.717, 1.165) is 9.13 Å². The van der Waals surface area contributed by atoms with E-state index in [0.29, 0.717) is 23.7 Å². The van der Waals surface area contributed by atoms with E-state index in [-0.39, 0.29) is 27.9 Å². The Balaban J connectivity index is 1.59. The van der Waals surface area contributed by atoms with Crippen molar-refractivity contribution in [2.75, 3.05) is 7.11 Å². The maximum Gasteiger partial charge on any atom is 0.363 e. The molecule has 0 N–H and O–H groups in total. The number of carbonyl (C=O) groups excluding carboxylic acids is 1. The third kappa shape index (κ3) is 5.63. The second kappa shape index (κ2) is 10.4. The number of aryl methyl sites for hydroxylation is 1. The molecule has 35 heavy (non-hydrogen) atoms. The predicted molar refractivity (Wildman–Crippen MR) is 140 cm³/mol. The zero-order valence-electron chi connectivity index (χ0n) is 18.6. The number of nitro benzene ring substituents is 1. The summed E-state index contributed by atoms with van der Waals surface area (Å²) >= 11 is 8.28. The molecule has 0 aliphatic carbocycles. The molecular weight excluding hydrogens is 587 g/mol. The number of non-ortho nitro benzene ring substituents is 1. The Morgan fingerprint density at radius 1 is 1.17 bits per heavy atom. The number of rotatable bonds is 7. The fraction of sp³-hybridized carbons (Fsp3) is 0.120. The van der Waals surface area contributed by atoms with E-state index in [1.807, 2.05) is 37.3 Å². The van der Waals surface area contributed by atoms with Crippen LogP contribution in [0.2, 0.25) is 5.02 Å². The Morgan fingerprint density at radius 3 is 2.57 bits per heavy atom. The molecule has 1 aliphatic heterocycles. The zero-order chi connectivity index (χ0) is 25.1. The highest BCUT2D eigenvalue weighted by Crippen LogP contribution is 2.36. The van der Waals surface area contributed by atoms with E-state index in [1.165, 1.54) is 30.9 Å². The minimum absolute atomic E-state index is 0.0270. The lowest BCUT2D eigenvalue weighted by molar-refractivity contribution is -0.384. The van der Waals surface area contributed by atoms with Crippen LogP contribution in [0.5, 0.6) is 11.5 Å². The Morgan fingerprint density at radius 2 is 1.91 bits per heavy atom. The number of methoxy groups -OCH3 is 1. The van der Waals surface area contributed by atoms with Gasteiger partial charge in [0.25, 0.3) is 5.69 Å². The first kappa shape index (κ1) is 24.7. The number of nitro groups is 1. The van der Waals surface area contributed by atoms with Gasteiger partial charge in [-0.2, -0.15) is 0 Å². The Bertz CT molecular complexity index is 1390. The van der Waals surface area contributed by atoms with Gasteiger partial charge in [-0.25, -0.2) is 9.79 Å². The number of carbonyl (C=O) groups is 1. The molecule has 178 valence electrons. The summed E-state index contributed by atoms with van der Waals surface area (Å²) in [7, 11) is 1.54. The van der Waals surface area contributed by atoms with Crippen molar-refractivity contribution in [3.8, 4) is 11.5 Å². The third-order valence-electron chi connectivity index (χ3n) is 5.07. The summed E-state index contributed by atoms with van der Waals surface area (Å²) < 4.78 is 17.6. The molecule has 0 atom stereocenters. The lowest BCUT2D eigenvalue weighted by Gasteiger charge is -2.14. The summed E-state index contributed by atoms with van der Waals surface area (Å²) in [6, 6.07) is 15.5. The van der Waals surface area contributed by atoms with Crippen molar-refractivity contribution in [2.45, 2.75) is 13.5 Å². The molecule has 8 nitrogen and oxygen atoms in total. The van der Waals surface area contributed by atoms with Crippen molar-refractivity contribution in [1.82, 2.24) is 0 Å². The van der Waals surface area contributed by atoms with E-state index >= 15 is 0 Å². The number of halogens is 2. The van der Waals surface area contributed by atoms with E-state index in [1.54, 1.807) is 12.1 Å². The van der Waals surface area contributed by atoms with Crippen LogP contribution >= 0.6 is 34.2 Å². The minimum atomic E-state index is -0.664. The molecule has 0 saturated carbocycles. The topological polar surface area (TPSA) is 100 Å². The van der Waals surface area contributed by atoms with Gasteiger partial charge in [0.2, 0.25) is 5.90 Å². The van der Waals surface area contributed by atoms with Crippen LogP contribution in [0.1, 0.15) is 22.3 Å². The third-order valence-corrected chi connectivity index (χ3v) is 6.19. The van der Waals surface area contributed by atoms with Crippen LogP contribution in [0.15, 0.2) is 65.3 Å². The van der Waals surface area contributed by atoms with E-state index in [4.69, 9.17) is 25.8 Å². The Labute approximate surface area is 219 Å². The number of nitrogens with zero attached hydrogens (tertiary/aromatic N) is 2. The average Bonchev–Trinajstić information content (AvgIpc) is 3.18. The van der Waals surface area contributed by atoms with Gasteiger partial charge in [-0.05, 0) is 64.9 Å². The summed E-state index contributed by atoms with van der Waals surface area (Å²) in [6.45, 7) is 2.40. The van der Waals surface area contributed by atoms with Crippen molar-refractivity contribution in [3.63, 3.8) is 0 Å². The maximum absolute atomic E-state index is 12.4. The highest BCUT2D eigenvalue weighted by molar-refractivity contribution is 14.1. The van der Waals surface area contributed by atoms with Crippen LogP contribution in [0, 0.1) is 20.6 Å². The minimum Gasteiger partial charge on any atom is -0.493 e. The summed E-state index contributed by atoms with van der Waals surface area (Å²) in [5.41, 5.74) is 3.01. The van der Waals surface area contributed by atoms with E-state index in [9.17, 15) is 14.9 Å². The van der Waals surface area contributed by atoms with Crippen LogP contribution in [0.3, 0.4) is 0 Å². The van der Waals surface area contributed by atoms with Gasteiger partial charge in [0, 0.05) is 12.1 Å². The van der Waals surface area contributed by atoms with Crippen molar-refractivity contribution in [3.05, 3.63) is 101 Å². The fourth-order valence-corrected chi connectivity index (χ4v) is 4.31. The first-order valence-electron chi connectivity index (χ1n) is 10.3. The second-order valence-electron chi connectivity index (χ2n) is 7.57. The van der Waals surface area contributed by atoms with Crippen LogP contribution in [0.4, 0.5) is 5.69 Å². The molecule has 4 rings (SSSR count).